The molecule has 3 heterocycles. The summed E-state index contributed by atoms with van der Waals surface area (Å²) in [5, 5.41) is 18.3. The van der Waals surface area contributed by atoms with Crippen LogP contribution in [-0.4, -0.2) is 39.6 Å². The highest BCUT2D eigenvalue weighted by Crippen LogP contribution is 2.23. The van der Waals surface area contributed by atoms with Crippen LogP contribution in [0, 0.1) is 0 Å². The summed E-state index contributed by atoms with van der Waals surface area (Å²) in [6.45, 7) is 1.79. The van der Waals surface area contributed by atoms with Crippen molar-refractivity contribution >= 4 is 45.0 Å². The summed E-state index contributed by atoms with van der Waals surface area (Å²) in [5.74, 6) is 0.00580. The Labute approximate surface area is 202 Å². The number of aliphatic hydroxyl groups is 1. The summed E-state index contributed by atoms with van der Waals surface area (Å²) >= 11 is 1.44. The zero-order valence-electron chi connectivity index (χ0n) is 18.8. The van der Waals surface area contributed by atoms with Gasteiger partial charge in [-0.25, -0.2) is 0 Å². The molecule has 0 fully saturated rings. The number of carbonyl (C=O) groups is 1. The minimum absolute atomic E-state index is 0.00580. The Balaban J connectivity index is 1.20. The van der Waals surface area contributed by atoms with Gasteiger partial charge < -0.3 is 20.0 Å². The van der Waals surface area contributed by atoms with Crippen molar-refractivity contribution in [2.75, 3.05) is 13.1 Å². The van der Waals surface area contributed by atoms with Gasteiger partial charge in [-0.2, -0.15) is 0 Å². The lowest BCUT2D eigenvalue weighted by atomic mass is 10.1. The van der Waals surface area contributed by atoms with E-state index >= 15 is 0 Å². The molecule has 0 radical (unpaired) electrons. The lowest BCUT2D eigenvalue weighted by molar-refractivity contribution is 0.105. The Morgan fingerprint density at radius 1 is 1.09 bits per heavy atom. The SMILES string of the molecule is O=C(/C=C/c1cn(C[C@@H](O)CNCCc2c[nH]c3ccccc23)c2ccccc12)c1cccs1. The highest BCUT2D eigenvalue weighted by atomic mass is 32.1. The Kier molecular flexibility index (Phi) is 6.72. The molecule has 0 bridgehead atoms. The molecule has 5 aromatic rings. The first kappa shape index (κ1) is 22.3. The average molecular weight is 470 g/mol. The summed E-state index contributed by atoms with van der Waals surface area (Å²) in [6.07, 6.45) is 7.94. The first-order valence-corrected chi connectivity index (χ1v) is 12.3. The second kappa shape index (κ2) is 10.2. The summed E-state index contributed by atoms with van der Waals surface area (Å²) < 4.78 is 2.07. The molecule has 6 heteroatoms. The van der Waals surface area contributed by atoms with E-state index in [0.29, 0.717) is 13.1 Å². The third kappa shape index (κ3) is 4.89. The highest BCUT2D eigenvalue weighted by Gasteiger charge is 2.11. The van der Waals surface area contributed by atoms with Crippen molar-refractivity contribution in [2.24, 2.45) is 0 Å². The van der Waals surface area contributed by atoms with Gasteiger partial charge in [0.25, 0.3) is 0 Å². The van der Waals surface area contributed by atoms with E-state index in [1.54, 1.807) is 6.08 Å². The molecule has 1 atom stereocenters. The Morgan fingerprint density at radius 3 is 2.76 bits per heavy atom. The summed E-state index contributed by atoms with van der Waals surface area (Å²) in [7, 11) is 0. The predicted octanol–water partition coefficient (Wildman–Crippen LogP) is 5.27. The van der Waals surface area contributed by atoms with Crippen molar-refractivity contribution in [3.8, 4) is 0 Å². The van der Waals surface area contributed by atoms with E-state index in [1.165, 1.54) is 22.3 Å². The fourth-order valence-electron chi connectivity index (χ4n) is 4.35. The van der Waals surface area contributed by atoms with Crippen LogP contribution in [0.3, 0.4) is 0 Å². The number of fused-ring (bicyclic) bond motifs is 2. The van der Waals surface area contributed by atoms with E-state index in [-0.39, 0.29) is 5.78 Å². The predicted molar refractivity (Wildman–Crippen MR) is 141 cm³/mol. The number of para-hydroxylation sites is 2. The van der Waals surface area contributed by atoms with E-state index in [0.717, 1.165) is 39.8 Å². The molecule has 0 aliphatic carbocycles. The molecular weight excluding hydrogens is 442 g/mol. The topological polar surface area (TPSA) is 70.1 Å². The van der Waals surface area contributed by atoms with Crippen LogP contribution in [0.25, 0.3) is 27.9 Å². The fourth-order valence-corrected chi connectivity index (χ4v) is 4.99. The number of nitrogens with one attached hydrogen (secondary N) is 2. The first-order chi connectivity index (χ1) is 16.7. The van der Waals surface area contributed by atoms with Crippen molar-refractivity contribution in [3.63, 3.8) is 0 Å². The molecule has 0 aliphatic heterocycles. The number of aromatic amines is 1. The van der Waals surface area contributed by atoms with E-state index in [4.69, 9.17) is 0 Å². The second-order valence-electron chi connectivity index (χ2n) is 8.40. The number of hydrogen-bond acceptors (Lipinski definition) is 4. The van der Waals surface area contributed by atoms with Crippen molar-refractivity contribution in [1.82, 2.24) is 14.9 Å². The number of hydrogen-bond donors (Lipinski definition) is 3. The number of aromatic nitrogens is 2. The average Bonchev–Trinajstić information content (AvgIpc) is 3.60. The summed E-state index contributed by atoms with van der Waals surface area (Å²) in [5.41, 5.74) is 4.45. The molecule has 5 rings (SSSR count). The summed E-state index contributed by atoms with van der Waals surface area (Å²) in [4.78, 5) is 16.4. The molecule has 2 aromatic carbocycles. The van der Waals surface area contributed by atoms with Gasteiger partial charge in [-0.15, -0.1) is 11.3 Å². The number of rotatable bonds is 10. The number of H-pyrrole nitrogens is 1. The van der Waals surface area contributed by atoms with E-state index < -0.39 is 6.10 Å². The number of benzene rings is 2. The van der Waals surface area contributed by atoms with Crippen LogP contribution in [-0.2, 0) is 13.0 Å². The maximum Gasteiger partial charge on any atom is 0.195 e. The number of carbonyl (C=O) groups excluding carboxylic acids is 1. The molecule has 0 spiro atoms. The van der Waals surface area contributed by atoms with Gasteiger partial charge in [0.2, 0.25) is 0 Å². The van der Waals surface area contributed by atoms with Gasteiger partial charge in [0.15, 0.2) is 5.78 Å². The number of ketones is 1. The van der Waals surface area contributed by atoms with Gasteiger partial charge in [0, 0.05) is 52.9 Å². The van der Waals surface area contributed by atoms with Crippen molar-refractivity contribution in [2.45, 2.75) is 19.1 Å². The van der Waals surface area contributed by atoms with E-state index in [2.05, 4.69) is 39.3 Å². The molecule has 0 unspecified atom stereocenters. The zero-order chi connectivity index (χ0) is 23.3. The minimum Gasteiger partial charge on any atom is -0.390 e. The third-order valence-corrected chi connectivity index (χ3v) is 6.92. The third-order valence-electron chi connectivity index (χ3n) is 6.03. The standard InChI is InChI=1S/C28H27N3O2S/c32-22(17-29-14-13-20-16-30-25-8-3-1-6-23(20)25)19-31-18-21(24-7-2-4-9-26(24)31)11-12-27(33)28-10-5-15-34-28/h1-12,15-16,18,22,29-30,32H,13-14,17,19H2/b12-11+/t22-/m0/s1. The molecule has 172 valence electrons. The van der Waals surface area contributed by atoms with Crippen LogP contribution in [0.5, 0.6) is 0 Å². The second-order valence-corrected chi connectivity index (χ2v) is 9.34. The van der Waals surface area contributed by atoms with Crippen LogP contribution < -0.4 is 5.32 Å². The van der Waals surface area contributed by atoms with Gasteiger partial charge in [0.05, 0.1) is 11.0 Å². The minimum atomic E-state index is -0.525. The number of allylic oxidation sites excluding steroid dienone is 1. The smallest absolute Gasteiger partial charge is 0.195 e. The quantitative estimate of drug-likeness (QED) is 0.148. The maximum absolute atomic E-state index is 12.4. The Bertz CT molecular complexity index is 1430. The van der Waals surface area contributed by atoms with Crippen molar-refractivity contribution < 1.29 is 9.90 Å². The molecule has 3 N–H and O–H groups in total. The van der Waals surface area contributed by atoms with E-state index in [9.17, 15) is 9.90 Å². The van der Waals surface area contributed by atoms with Gasteiger partial charge >= 0.3 is 0 Å². The highest BCUT2D eigenvalue weighted by molar-refractivity contribution is 7.12. The van der Waals surface area contributed by atoms with Crippen molar-refractivity contribution in [1.29, 1.82) is 0 Å². The van der Waals surface area contributed by atoms with Crippen LogP contribution in [0.2, 0.25) is 0 Å². The molecule has 5 nitrogen and oxygen atoms in total. The lowest BCUT2D eigenvalue weighted by Crippen LogP contribution is -2.31. The lowest BCUT2D eigenvalue weighted by Gasteiger charge is -2.13. The van der Waals surface area contributed by atoms with Crippen LogP contribution in [0.4, 0.5) is 0 Å². The van der Waals surface area contributed by atoms with Gasteiger partial charge in [-0.1, -0.05) is 42.5 Å². The molecule has 0 saturated carbocycles. The molecule has 0 saturated heterocycles. The molecule has 0 aliphatic rings. The number of nitrogens with zero attached hydrogens (tertiary/aromatic N) is 1. The molecular formula is C28H27N3O2S. The first-order valence-electron chi connectivity index (χ1n) is 11.5. The molecule has 3 aromatic heterocycles. The van der Waals surface area contributed by atoms with Gasteiger partial charge in [-0.3, -0.25) is 4.79 Å². The van der Waals surface area contributed by atoms with Crippen LogP contribution >= 0.6 is 11.3 Å². The van der Waals surface area contributed by atoms with Gasteiger partial charge in [0.1, 0.15) is 0 Å². The van der Waals surface area contributed by atoms with E-state index in [1.807, 2.05) is 60.1 Å². The van der Waals surface area contributed by atoms with Crippen LogP contribution in [0.1, 0.15) is 20.8 Å². The maximum atomic E-state index is 12.4. The van der Waals surface area contributed by atoms with Crippen molar-refractivity contribution in [3.05, 3.63) is 101 Å². The fraction of sp³-hybridized carbons (Fsp3) is 0.179. The normalized spacial score (nSPS) is 12.7. The largest absolute Gasteiger partial charge is 0.390 e. The Hall–Kier alpha value is -3.45. The Morgan fingerprint density at radius 2 is 1.91 bits per heavy atom. The molecule has 34 heavy (non-hydrogen) atoms. The van der Waals surface area contributed by atoms with Crippen LogP contribution in [0.15, 0.2) is 84.5 Å². The number of thiophene rings is 1. The summed E-state index contributed by atoms with van der Waals surface area (Å²) in [6, 6.07) is 20.1. The monoisotopic (exact) mass is 469 g/mol. The van der Waals surface area contributed by atoms with Gasteiger partial charge in [-0.05, 0) is 54.3 Å². The zero-order valence-corrected chi connectivity index (χ0v) is 19.6. The number of aliphatic hydroxyl groups excluding tert-OH is 1. The molecule has 0 amide bonds.